The number of para-hydroxylation sites is 2. The van der Waals surface area contributed by atoms with Crippen LogP contribution in [0.3, 0.4) is 0 Å². The third-order valence-corrected chi connectivity index (χ3v) is 5.42. The highest BCUT2D eigenvalue weighted by atomic mass is 16.6. The number of carbonyl (C=O) groups is 2. The average Bonchev–Trinajstić information content (AvgIpc) is 3.36. The Morgan fingerprint density at radius 2 is 1.91 bits per heavy atom. The highest BCUT2D eigenvalue weighted by molar-refractivity contribution is 6.06. The zero-order valence-corrected chi connectivity index (χ0v) is 18.7. The first-order chi connectivity index (χ1) is 15.9. The molecule has 0 aliphatic carbocycles. The van der Waals surface area contributed by atoms with Crippen molar-refractivity contribution in [3.8, 4) is 22.6 Å². The summed E-state index contributed by atoms with van der Waals surface area (Å²) < 4.78 is 11.7. The Balaban J connectivity index is 1.66. The summed E-state index contributed by atoms with van der Waals surface area (Å²) >= 11 is 0. The van der Waals surface area contributed by atoms with Gasteiger partial charge in [-0.2, -0.15) is 5.10 Å². The first-order valence-corrected chi connectivity index (χ1v) is 10.7. The number of aromatic amines is 1. The van der Waals surface area contributed by atoms with Gasteiger partial charge in [0, 0.05) is 18.3 Å². The van der Waals surface area contributed by atoms with E-state index in [2.05, 4.69) is 10.2 Å². The van der Waals surface area contributed by atoms with Crippen molar-refractivity contribution in [2.45, 2.75) is 12.5 Å². The summed E-state index contributed by atoms with van der Waals surface area (Å²) in [6.45, 7) is 1.25. The number of H-pyrrole nitrogens is 1. The van der Waals surface area contributed by atoms with Gasteiger partial charge >= 0.3 is 0 Å². The van der Waals surface area contributed by atoms with Crippen LogP contribution in [0.15, 0.2) is 54.9 Å². The molecule has 4 rings (SSSR count). The van der Waals surface area contributed by atoms with Crippen LogP contribution in [-0.4, -0.2) is 66.8 Å². The van der Waals surface area contributed by atoms with E-state index in [4.69, 9.17) is 15.2 Å². The molecule has 2 aromatic carbocycles. The third-order valence-electron chi connectivity index (χ3n) is 5.42. The number of nitrogens with one attached hydrogen (secondary N) is 1. The highest BCUT2D eigenvalue weighted by Crippen LogP contribution is 2.33. The molecule has 3 aromatic rings. The van der Waals surface area contributed by atoms with Crippen molar-refractivity contribution in [1.82, 2.24) is 15.1 Å². The van der Waals surface area contributed by atoms with Crippen molar-refractivity contribution >= 4 is 17.5 Å². The number of anilines is 1. The Hall–Kier alpha value is -3.85. The topological polar surface area (TPSA) is 114 Å². The van der Waals surface area contributed by atoms with E-state index < -0.39 is 12.0 Å². The quantitative estimate of drug-likeness (QED) is 0.546. The van der Waals surface area contributed by atoms with Crippen LogP contribution in [0.2, 0.25) is 0 Å². The zero-order chi connectivity index (χ0) is 23.4. The summed E-state index contributed by atoms with van der Waals surface area (Å²) in [5.41, 5.74) is 8.01. The first-order valence-electron chi connectivity index (χ1n) is 10.7. The molecule has 33 heavy (non-hydrogen) atoms. The second-order valence-corrected chi connectivity index (χ2v) is 8.09. The van der Waals surface area contributed by atoms with Gasteiger partial charge < -0.3 is 25.0 Å². The molecule has 0 saturated carbocycles. The van der Waals surface area contributed by atoms with Crippen LogP contribution in [0, 0.1) is 0 Å². The molecule has 1 aliphatic heterocycles. The minimum absolute atomic E-state index is 0.0824. The van der Waals surface area contributed by atoms with Crippen molar-refractivity contribution in [2.75, 3.05) is 38.7 Å². The molecular formula is C24H27N5O4. The summed E-state index contributed by atoms with van der Waals surface area (Å²) in [5.74, 6) is 0.206. The highest BCUT2D eigenvalue weighted by Gasteiger charge is 2.33. The largest absolute Gasteiger partial charge is 0.485 e. The molecule has 172 valence electrons. The molecule has 9 heteroatoms. The maximum atomic E-state index is 13.6. The molecule has 9 nitrogen and oxygen atoms in total. The van der Waals surface area contributed by atoms with Gasteiger partial charge in [-0.25, -0.2) is 0 Å². The van der Waals surface area contributed by atoms with Crippen LogP contribution in [0.5, 0.6) is 11.5 Å². The Morgan fingerprint density at radius 1 is 1.12 bits per heavy atom. The van der Waals surface area contributed by atoms with Crippen molar-refractivity contribution in [3.05, 3.63) is 60.4 Å². The van der Waals surface area contributed by atoms with E-state index in [-0.39, 0.29) is 18.1 Å². The molecule has 2 amide bonds. The van der Waals surface area contributed by atoms with Crippen LogP contribution in [0.25, 0.3) is 11.1 Å². The van der Waals surface area contributed by atoms with Gasteiger partial charge in [-0.3, -0.25) is 14.7 Å². The summed E-state index contributed by atoms with van der Waals surface area (Å²) in [5, 5.41) is 6.71. The number of nitrogens with zero attached hydrogens (tertiary/aromatic N) is 3. The van der Waals surface area contributed by atoms with Crippen molar-refractivity contribution in [3.63, 3.8) is 0 Å². The predicted molar refractivity (Wildman–Crippen MR) is 124 cm³/mol. The molecule has 2 heterocycles. The molecule has 0 fully saturated rings. The van der Waals surface area contributed by atoms with E-state index >= 15 is 0 Å². The Kier molecular flexibility index (Phi) is 6.60. The van der Waals surface area contributed by atoms with Crippen LogP contribution in [0.4, 0.5) is 5.69 Å². The number of primary amides is 1. The number of ether oxygens (including phenoxy) is 2. The Morgan fingerprint density at radius 3 is 2.61 bits per heavy atom. The number of amides is 2. The van der Waals surface area contributed by atoms with Crippen molar-refractivity contribution in [2.24, 2.45) is 5.73 Å². The van der Waals surface area contributed by atoms with Gasteiger partial charge in [0.25, 0.3) is 11.8 Å². The minimum Gasteiger partial charge on any atom is -0.485 e. The fourth-order valence-electron chi connectivity index (χ4n) is 3.77. The van der Waals surface area contributed by atoms with Gasteiger partial charge in [-0.1, -0.05) is 18.2 Å². The van der Waals surface area contributed by atoms with Crippen LogP contribution < -0.4 is 20.1 Å². The number of hydrogen-bond donors (Lipinski definition) is 2. The van der Waals surface area contributed by atoms with Gasteiger partial charge in [0.05, 0.1) is 17.4 Å². The second-order valence-electron chi connectivity index (χ2n) is 8.09. The SMILES string of the molecule is CN(C)CCCN(C(=O)C1COc2ccccc2O1)c1ccc(-c2cn[nH]c2)cc1C(N)=O. The number of nitrogens with two attached hydrogens (primary N) is 1. The van der Waals surface area contributed by atoms with E-state index in [1.165, 1.54) is 0 Å². The standard InChI is InChI=1S/C24H27N5O4/c1-28(2)10-5-11-29(24(31)22-15-32-20-6-3-4-7-21(20)33-22)19-9-8-16(12-18(19)23(25)30)17-13-26-27-14-17/h3-4,6-9,12-14,22H,5,10-11,15H2,1-2H3,(H2,25,30)(H,26,27). The number of aromatic nitrogens is 2. The lowest BCUT2D eigenvalue weighted by Crippen LogP contribution is -2.47. The lowest BCUT2D eigenvalue weighted by Gasteiger charge is -2.32. The molecule has 0 bridgehead atoms. The summed E-state index contributed by atoms with van der Waals surface area (Å²) in [6, 6.07) is 12.5. The Bertz CT molecular complexity index is 1130. The van der Waals surface area contributed by atoms with E-state index in [1.54, 1.807) is 41.6 Å². The third kappa shape index (κ3) is 4.98. The predicted octanol–water partition coefficient (Wildman–Crippen LogP) is 2.30. The van der Waals surface area contributed by atoms with Crippen LogP contribution in [-0.2, 0) is 4.79 Å². The van der Waals surface area contributed by atoms with E-state index in [0.717, 1.165) is 17.7 Å². The molecule has 1 atom stereocenters. The molecule has 1 aliphatic rings. The number of benzene rings is 2. The maximum absolute atomic E-state index is 13.6. The number of carbonyl (C=O) groups excluding carboxylic acids is 2. The fourth-order valence-corrected chi connectivity index (χ4v) is 3.77. The van der Waals surface area contributed by atoms with Gasteiger partial charge in [0.1, 0.15) is 6.61 Å². The van der Waals surface area contributed by atoms with E-state index in [1.807, 2.05) is 37.2 Å². The molecule has 0 saturated heterocycles. The normalized spacial score (nSPS) is 14.8. The summed E-state index contributed by atoms with van der Waals surface area (Å²) in [7, 11) is 3.94. The molecule has 0 spiro atoms. The van der Waals surface area contributed by atoms with Gasteiger partial charge in [0.2, 0.25) is 6.10 Å². The summed E-state index contributed by atoms with van der Waals surface area (Å²) in [6.07, 6.45) is 3.24. The molecule has 1 unspecified atom stereocenters. The van der Waals surface area contributed by atoms with E-state index in [0.29, 0.717) is 30.2 Å². The monoisotopic (exact) mass is 449 g/mol. The number of hydrogen-bond acceptors (Lipinski definition) is 6. The van der Waals surface area contributed by atoms with Gasteiger partial charge in [0.15, 0.2) is 11.5 Å². The number of rotatable bonds is 8. The summed E-state index contributed by atoms with van der Waals surface area (Å²) in [4.78, 5) is 29.6. The second kappa shape index (κ2) is 9.74. The smallest absolute Gasteiger partial charge is 0.271 e. The molecular weight excluding hydrogens is 422 g/mol. The zero-order valence-electron chi connectivity index (χ0n) is 18.7. The Labute approximate surface area is 192 Å². The molecule has 3 N–H and O–H groups in total. The lowest BCUT2D eigenvalue weighted by atomic mass is 10.0. The molecule has 1 aromatic heterocycles. The van der Waals surface area contributed by atoms with E-state index in [9.17, 15) is 9.59 Å². The molecule has 0 radical (unpaired) electrons. The van der Waals surface area contributed by atoms with Gasteiger partial charge in [-0.15, -0.1) is 0 Å². The lowest BCUT2D eigenvalue weighted by molar-refractivity contribution is -0.127. The van der Waals surface area contributed by atoms with Gasteiger partial charge in [-0.05, 0) is 56.9 Å². The minimum atomic E-state index is -0.839. The van der Waals surface area contributed by atoms with Crippen molar-refractivity contribution in [1.29, 1.82) is 0 Å². The van der Waals surface area contributed by atoms with Crippen LogP contribution in [0.1, 0.15) is 16.8 Å². The van der Waals surface area contributed by atoms with Crippen molar-refractivity contribution < 1.29 is 19.1 Å². The fraction of sp³-hybridized carbons (Fsp3) is 0.292. The first kappa shape index (κ1) is 22.3. The number of fused-ring (bicyclic) bond motifs is 1. The average molecular weight is 450 g/mol. The van der Waals surface area contributed by atoms with Crippen LogP contribution >= 0.6 is 0 Å². The maximum Gasteiger partial charge on any atom is 0.271 e.